The zero-order valence-corrected chi connectivity index (χ0v) is 14.8. The number of benzene rings is 1. The van der Waals surface area contributed by atoms with E-state index in [2.05, 4.69) is 11.4 Å². The molecule has 6 nitrogen and oxygen atoms in total. The Kier molecular flexibility index (Phi) is 4.11. The molecule has 25 heavy (non-hydrogen) atoms. The first kappa shape index (κ1) is 17.2. The van der Waals surface area contributed by atoms with E-state index < -0.39 is 11.1 Å². The van der Waals surface area contributed by atoms with Gasteiger partial charge >= 0.3 is 6.09 Å². The monoisotopic (exact) mass is 341 g/mol. The molecule has 6 heteroatoms. The van der Waals surface area contributed by atoms with E-state index in [9.17, 15) is 9.59 Å². The van der Waals surface area contributed by atoms with Crippen molar-refractivity contribution in [3.8, 4) is 12.5 Å². The molecule has 1 aromatic rings. The smallest absolute Gasteiger partial charge is 0.410 e. The number of nitrogens with one attached hydrogen (secondary N) is 1. The van der Waals surface area contributed by atoms with Gasteiger partial charge in [-0.2, -0.15) is 0 Å². The minimum absolute atomic E-state index is 0.118. The van der Waals surface area contributed by atoms with Gasteiger partial charge < -0.3 is 15.0 Å². The molecule has 0 unspecified atom stereocenters. The molecule has 0 aliphatic carbocycles. The van der Waals surface area contributed by atoms with Crippen LogP contribution in [0.1, 0.15) is 33.6 Å². The fourth-order valence-corrected chi connectivity index (χ4v) is 3.37. The highest BCUT2D eigenvalue weighted by Gasteiger charge is 2.50. The van der Waals surface area contributed by atoms with Gasteiger partial charge in [-0.15, -0.1) is 0 Å². The SMILES string of the molecule is C#CN1c2ccccc2NC(=O)C12CCN(C(=O)OC(C)(C)C)CC2. The van der Waals surface area contributed by atoms with E-state index in [1.807, 2.05) is 45.0 Å². The van der Waals surface area contributed by atoms with Crippen molar-refractivity contribution in [2.24, 2.45) is 0 Å². The highest BCUT2D eigenvalue weighted by atomic mass is 16.6. The number of anilines is 2. The van der Waals surface area contributed by atoms with E-state index in [1.165, 1.54) is 0 Å². The van der Waals surface area contributed by atoms with Crippen LogP contribution in [0.2, 0.25) is 0 Å². The number of ether oxygens (including phenoxy) is 1. The van der Waals surface area contributed by atoms with Gasteiger partial charge in [0.2, 0.25) is 0 Å². The number of likely N-dealkylation sites (tertiary alicyclic amines) is 1. The third-order valence-corrected chi connectivity index (χ3v) is 4.62. The first-order valence-electron chi connectivity index (χ1n) is 8.42. The van der Waals surface area contributed by atoms with Gasteiger partial charge in [-0.3, -0.25) is 9.69 Å². The summed E-state index contributed by atoms with van der Waals surface area (Å²) >= 11 is 0. The maximum Gasteiger partial charge on any atom is 0.410 e. The van der Waals surface area contributed by atoms with Crippen molar-refractivity contribution in [3.63, 3.8) is 0 Å². The minimum Gasteiger partial charge on any atom is -0.444 e. The fraction of sp³-hybridized carbons (Fsp3) is 0.474. The summed E-state index contributed by atoms with van der Waals surface area (Å²) in [6.07, 6.45) is 6.31. The van der Waals surface area contributed by atoms with Crippen LogP contribution in [0.15, 0.2) is 24.3 Å². The second kappa shape index (κ2) is 5.99. The van der Waals surface area contributed by atoms with Gasteiger partial charge in [0.25, 0.3) is 5.91 Å². The maximum absolute atomic E-state index is 12.8. The number of hydrogen-bond donors (Lipinski definition) is 1. The zero-order valence-electron chi connectivity index (χ0n) is 14.8. The number of carbonyl (C=O) groups excluding carboxylic acids is 2. The van der Waals surface area contributed by atoms with Crippen LogP contribution in [-0.4, -0.2) is 41.1 Å². The summed E-state index contributed by atoms with van der Waals surface area (Å²) in [5.41, 5.74) is 0.154. The molecule has 1 fully saturated rings. The standard InChI is InChI=1S/C19H23N3O3/c1-5-22-15-9-7-6-8-14(15)20-16(23)19(22)10-12-21(13-11-19)17(24)25-18(2,3)4/h1,6-9H,10-13H2,2-4H3,(H,20,23). The zero-order chi connectivity index (χ0) is 18.2. The third-order valence-electron chi connectivity index (χ3n) is 4.62. The first-order chi connectivity index (χ1) is 11.8. The summed E-state index contributed by atoms with van der Waals surface area (Å²) in [6, 6.07) is 10.2. The summed E-state index contributed by atoms with van der Waals surface area (Å²) in [5.74, 6) is -0.118. The lowest BCUT2D eigenvalue weighted by Crippen LogP contribution is -2.63. The molecule has 3 rings (SSSR count). The fourth-order valence-electron chi connectivity index (χ4n) is 3.37. The number of rotatable bonds is 0. The van der Waals surface area contributed by atoms with E-state index in [0.29, 0.717) is 31.6 Å². The minimum atomic E-state index is -0.832. The van der Waals surface area contributed by atoms with Crippen molar-refractivity contribution in [2.75, 3.05) is 23.3 Å². The van der Waals surface area contributed by atoms with Crippen LogP contribution in [0.4, 0.5) is 16.2 Å². The second-order valence-electron chi connectivity index (χ2n) is 7.43. The number of nitrogens with zero attached hydrogens (tertiary/aromatic N) is 2. The molecule has 0 bridgehead atoms. The molecule has 0 saturated carbocycles. The molecule has 0 radical (unpaired) electrons. The van der Waals surface area contributed by atoms with Crippen molar-refractivity contribution in [1.29, 1.82) is 0 Å². The van der Waals surface area contributed by atoms with Crippen LogP contribution >= 0.6 is 0 Å². The van der Waals surface area contributed by atoms with Crippen LogP contribution in [0.5, 0.6) is 0 Å². The van der Waals surface area contributed by atoms with Crippen LogP contribution in [-0.2, 0) is 9.53 Å². The second-order valence-corrected chi connectivity index (χ2v) is 7.43. The summed E-state index contributed by atoms with van der Waals surface area (Å²) < 4.78 is 5.42. The molecule has 0 atom stereocenters. The highest BCUT2D eigenvalue weighted by Crippen LogP contribution is 2.41. The van der Waals surface area contributed by atoms with Crippen LogP contribution in [0.3, 0.4) is 0 Å². The molecule has 2 heterocycles. The van der Waals surface area contributed by atoms with Gasteiger partial charge in [-0.25, -0.2) is 4.79 Å². The Bertz CT molecular complexity index is 737. The first-order valence-corrected chi connectivity index (χ1v) is 8.42. The van der Waals surface area contributed by atoms with E-state index >= 15 is 0 Å². The molecule has 1 aromatic carbocycles. The number of fused-ring (bicyclic) bond motifs is 1. The van der Waals surface area contributed by atoms with Gasteiger partial charge in [0.05, 0.1) is 11.4 Å². The summed E-state index contributed by atoms with van der Waals surface area (Å²) in [7, 11) is 0. The van der Waals surface area contributed by atoms with E-state index in [0.717, 1.165) is 5.69 Å². The van der Waals surface area contributed by atoms with Crippen molar-refractivity contribution in [2.45, 2.75) is 44.8 Å². The molecular weight excluding hydrogens is 318 g/mol. The van der Waals surface area contributed by atoms with Crippen LogP contribution in [0, 0.1) is 12.5 Å². The third kappa shape index (κ3) is 3.02. The predicted octanol–water partition coefficient (Wildman–Crippen LogP) is 2.81. The maximum atomic E-state index is 12.8. The number of para-hydroxylation sites is 2. The van der Waals surface area contributed by atoms with Crippen molar-refractivity contribution >= 4 is 23.4 Å². The molecule has 2 aliphatic rings. The lowest BCUT2D eigenvalue weighted by Gasteiger charge is -2.48. The van der Waals surface area contributed by atoms with E-state index in [1.54, 1.807) is 9.80 Å². The van der Waals surface area contributed by atoms with Gasteiger partial charge in [-0.05, 0) is 45.7 Å². The normalized spacial score (nSPS) is 19.0. The quantitative estimate of drug-likeness (QED) is 0.737. The lowest BCUT2D eigenvalue weighted by atomic mass is 9.82. The average molecular weight is 341 g/mol. The van der Waals surface area contributed by atoms with E-state index in [-0.39, 0.29) is 12.0 Å². The Hall–Kier alpha value is -2.68. The summed E-state index contributed by atoms with van der Waals surface area (Å²) in [4.78, 5) is 28.4. The molecule has 0 aromatic heterocycles. The molecule has 2 aliphatic heterocycles. The molecule has 132 valence electrons. The van der Waals surface area contributed by atoms with Gasteiger partial charge in [0.1, 0.15) is 11.1 Å². The lowest BCUT2D eigenvalue weighted by molar-refractivity contribution is -0.123. The number of piperidine rings is 1. The van der Waals surface area contributed by atoms with Crippen LogP contribution in [0.25, 0.3) is 0 Å². The number of carbonyl (C=O) groups is 2. The van der Waals surface area contributed by atoms with Crippen LogP contribution < -0.4 is 10.2 Å². The molecule has 1 saturated heterocycles. The van der Waals surface area contributed by atoms with Crippen molar-refractivity contribution in [1.82, 2.24) is 4.90 Å². The summed E-state index contributed by atoms with van der Waals surface area (Å²) in [6.45, 7) is 6.34. The highest BCUT2D eigenvalue weighted by molar-refractivity contribution is 6.07. The van der Waals surface area contributed by atoms with Gasteiger partial charge in [-0.1, -0.05) is 18.6 Å². The number of amides is 2. The Morgan fingerprint density at radius 1 is 1.28 bits per heavy atom. The molecule has 2 amide bonds. The Morgan fingerprint density at radius 2 is 1.92 bits per heavy atom. The Balaban J connectivity index is 1.81. The van der Waals surface area contributed by atoms with Gasteiger partial charge in [0, 0.05) is 19.1 Å². The predicted molar refractivity (Wildman–Crippen MR) is 96.2 cm³/mol. The molecule has 1 N–H and O–H groups in total. The largest absolute Gasteiger partial charge is 0.444 e. The number of terminal acetylenes is 1. The Morgan fingerprint density at radius 3 is 2.52 bits per heavy atom. The number of hydrogen-bond acceptors (Lipinski definition) is 4. The van der Waals surface area contributed by atoms with E-state index in [4.69, 9.17) is 11.2 Å². The van der Waals surface area contributed by atoms with Gasteiger partial charge in [0.15, 0.2) is 0 Å². The molecule has 1 spiro atoms. The average Bonchev–Trinajstić information content (AvgIpc) is 2.55. The molecular formula is C19H23N3O3. The van der Waals surface area contributed by atoms with Crippen molar-refractivity contribution < 1.29 is 14.3 Å². The topological polar surface area (TPSA) is 61.9 Å². The Labute approximate surface area is 148 Å². The summed E-state index contributed by atoms with van der Waals surface area (Å²) in [5, 5.41) is 2.96. The van der Waals surface area contributed by atoms with Crippen molar-refractivity contribution in [3.05, 3.63) is 24.3 Å².